The summed E-state index contributed by atoms with van der Waals surface area (Å²) in [6.07, 6.45) is 1.32. The van der Waals surface area contributed by atoms with E-state index in [1.54, 1.807) is 26.2 Å². The molecule has 0 bridgehead atoms. The van der Waals surface area contributed by atoms with Crippen LogP contribution in [0.1, 0.15) is 6.92 Å². The molecule has 0 unspecified atom stereocenters. The second-order valence-electron chi connectivity index (χ2n) is 3.28. The first-order valence-electron chi connectivity index (χ1n) is 5.44. The maximum Gasteiger partial charge on any atom is 0.334 e. The number of carbonyl (C=O) groups excluding carboxylic acids is 1. The normalized spacial score (nSPS) is 10.9. The third kappa shape index (κ3) is 4.79. The van der Waals surface area contributed by atoms with Gasteiger partial charge in [0.05, 0.1) is 25.1 Å². The van der Waals surface area contributed by atoms with Gasteiger partial charge in [0.25, 0.3) is 0 Å². The molecule has 0 spiro atoms. The Balaban J connectivity index is 2.75. The molecule has 0 aliphatic heterocycles. The van der Waals surface area contributed by atoms with Crippen molar-refractivity contribution in [1.82, 2.24) is 0 Å². The quantitative estimate of drug-likeness (QED) is 0.350. The molecule has 0 atom stereocenters. The summed E-state index contributed by atoms with van der Waals surface area (Å²) in [5.74, 6) is 1.35. The van der Waals surface area contributed by atoms with Crippen molar-refractivity contribution in [3.8, 4) is 11.5 Å². The Bertz CT molecular complexity index is 429. The molecule has 5 heteroatoms. The number of carbonyl (C=O) groups is 1. The highest BCUT2D eigenvalue weighted by molar-refractivity contribution is 9.09. The first-order chi connectivity index (χ1) is 8.69. The molecule has 0 aliphatic carbocycles. The Morgan fingerprint density at radius 3 is 2.72 bits per heavy atom. The van der Waals surface area contributed by atoms with Crippen LogP contribution < -0.4 is 9.47 Å². The molecule has 0 aliphatic rings. The van der Waals surface area contributed by atoms with Gasteiger partial charge in [-0.15, -0.1) is 0 Å². The van der Waals surface area contributed by atoms with Crippen LogP contribution in [0.2, 0.25) is 0 Å². The summed E-state index contributed by atoms with van der Waals surface area (Å²) in [5, 5.41) is 0.420. The molecule has 98 valence electrons. The van der Waals surface area contributed by atoms with Gasteiger partial charge in [-0.1, -0.05) is 22.0 Å². The van der Waals surface area contributed by atoms with E-state index in [1.807, 2.05) is 12.1 Å². The number of halogens is 1. The van der Waals surface area contributed by atoms with Gasteiger partial charge in [0, 0.05) is 6.07 Å². The Morgan fingerprint density at radius 1 is 1.39 bits per heavy atom. The van der Waals surface area contributed by atoms with Crippen molar-refractivity contribution in [2.75, 3.05) is 19.0 Å². The number of benzene rings is 1. The molecule has 1 aromatic rings. The zero-order valence-corrected chi connectivity index (χ0v) is 11.9. The Hall–Kier alpha value is -1.49. The number of alkyl halides is 1. The molecule has 0 radical (unpaired) electrons. The molecule has 1 rings (SSSR count). The summed E-state index contributed by atoms with van der Waals surface area (Å²) < 4.78 is 15.5. The summed E-state index contributed by atoms with van der Waals surface area (Å²) in [7, 11) is 1.58. The van der Waals surface area contributed by atoms with E-state index in [0.29, 0.717) is 29.2 Å². The van der Waals surface area contributed by atoms with Crippen LogP contribution in [0.4, 0.5) is 0 Å². The molecule has 0 amide bonds. The van der Waals surface area contributed by atoms with Crippen molar-refractivity contribution in [2.24, 2.45) is 0 Å². The molecule has 4 nitrogen and oxygen atoms in total. The first kappa shape index (κ1) is 14.6. The molecular formula is C13H15BrO4. The minimum absolute atomic E-state index is 0.337. The second-order valence-corrected chi connectivity index (χ2v) is 3.84. The number of ether oxygens (including phenoxy) is 3. The third-order valence-electron chi connectivity index (χ3n) is 1.99. The molecule has 0 fully saturated rings. The van der Waals surface area contributed by atoms with Crippen molar-refractivity contribution in [3.05, 3.63) is 36.1 Å². The van der Waals surface area contributed by atoms with Gasteiger partial charge < -0.3 is 14.2 Å². The smallest absolute Gasteiger partial charge is 0.334 e. The van der Waals surface area contributed by atoms with Gasteiger partial charge in [-0.05, 0) is 19.1 Å². The van der Waals surface area contributed by atoms with E-state index in [2.05, 4.69) is 15.9 Å². The largest absolute Gasteiger partial charge is 0.497 e. The molecule has 1 aromatic carbocycles. The molecule has 18 heavy (non-hydrogen) atoms. The summed E-state index contributed by atoms with van der Waals surface area (Å²) in [6.45, 7) is 2.09. The monoisotopic (exact) mass is 314 g/mol. The summed E-state index contributed by atoms with van der Waals surface area (Å²) >= 11 is 3.26. The van der Waals surface area contributed by atoms with Crippen LogP contribution in [0.25, 0.3) is 0 Å². The zero-order chi connectivity index (χ0) is 13.4. The summed E-state index contributed by atoms with van der Waals surface area (Å²) in [5.41, 5.74) is 0. The van der Waals surface area contributed by atoms with Crippen LogP contribution in [-0.4, -0.2) is 25.0 Å². The minimum Gasteiger partial charge on any atom is -0.497 e. The lowest BCUT2D eigenvalue weighted by Crippen LogP contribution is -2.05. The predicted molar refractivity (Wildman–Crippen MR) is 72.1 cm³/mol. The van der Waals surface area contributed by atoms with Crippen LogP contribution in [0.15, 0.2) is 36.1 Å². The lowest BCUT2D eigenvalue weighted by atomic mass is 10.3. The van der Waals surface area contributed by atoms with Gasteiger partial charge in [0.15, 0.2) is 0 Å². The third-order valence-corrected chi connectivity index (χ3v) is 2.54. The summed E-state index contributed by atoms with van der Waals surface area (Å²) in [4.78, 5) is 11.3. The molecule has 0 saturated heterocycles. The lowest BCUT2D eigenvalue weighted by molar-refractivity contribution is -0.137. The van der Waals surface area contributed by atoms with Crippen LogP contribution in [0.5, 0.6) is 11.5 Å². The molecule has 0 aromatic heterocycles. The van der Waals surface area contributed by atoms with E-state index in [9.17, 15) is 4.79 Å². The Kier molecular flexibility index (Phi) is 6.28. The fraction of sp³-hybridized carbons (Fsp3) is 0.308. The summed E-state index contributed by atoms with van der Waals surface area (Å²) in [6, 6.07) is 7.14. The van der Waals surface area contributed by atoms with E-state index in [-0.39, 0.29) is 0 Å². The Morgan fingerprint density at radius 2 is 2.11 bits per heavy atom. The Labute approximate surface area is 115 Å². The number of allylic oxidation sites excluding steroid dienone is 1. The van der Waals surface area contributed by atoms with Gasteiger partial charge >= 0.3 is 5.97 Å². The minimum atomic E-state index is -0.421. The van der Waals surface area contributed by atoms with Gasteiger partial charge in [0.1, 0.15) is 17.3 Å². The van der Waals surface area contributed by atoms with Crippen LogP contribution >= 0.6 is 15.9 Å². The number of hydrogen-bond acceptors (Lipinski definition) is 4. The van der Waals surface area contributed by atoms with Gasteiger partial charge in [-0.3, -0.25) is 0 Å². The van der Waals surface area contributed by atoms with Gasteiger partial charge in [-0.2, -0.15) is 0 Å². The van der Waals surface area contributed by atoms with Crippen molar-refractivity contribution >= 4 is 21.9 Å². The average Bonchev–Trinajstić information content (AvgIpc) is 2.38. The SMILES string of the molecule is CCOC(=O)/C=C(/CBr)Oc1cccc(OC)c1. The molecule has 0 heterocycles. The van der Waals surface area contributed by atoms with Gasteiger partial charge in [-0.25, -0.2) is 4.79 Å². The van der Waals surface area contributed by atoms with E-state index >= 15 is 0 Å². The fourth-order valence-electron chi connectivity index (χ4n) is 1.23. The van der Waals surface area contributed by atoms with Gasteiger partial charge in [0.2, 0.25) is 0 Å². The predicted octanol–water partition coefficient (Wildman–Crippen LogP) is 2.92. The van der Waals surface area contributed by atoms with E-state index < -0.39 is 5.97 Å². The number of hydrogen-bond donors (Lipinski definition) is 0. The van der Waals surface area contributed by atoms with E-state index in [4.69, 9.17) is 14.2 Å². The van der Waals surface area contributed by atoms with E-state index in [0.717, 1.165) is 0 Å². The van der Waals surface area contributed by atoms with Crippen molar-refractivity contribution < 1.29 is 19.0 Å². The standard InChI is InChI=1S/C13H15BrO4/c1-3-17-13(15)8-12(9-14)18-11-6-4-5-10(7-11)16-2/h4-8H,3,9H2,1-2H3/b12-8-. The lowest BCUT2D eigenvalue weighted by Gasteiger charge is -2.08. The fourth-order valence-corrected chi connectivity index (χ4v) is 1.50. The van der Waals surface area contributed by atoms with Crippen molar-refractivity contribution in [1.29, 1.82) is 0 Å². The number of methoxy groups -OCH3 is 1. The average molecular weight is 315 g/mol. The first-order valence-corrected chi connectivity index (χ1v) is 6.57. The highest BCUT2D eigenvalue weighted by Gasteiger charge is 2.05. The maximum atomic E-state index is 11.3. The van der Waals surface area contributed by atoms with Crippen LogP contribution in [0.3, 0.4) is 0 Å². The molecule has 0 N–H and O–H groups in total. The maximum absolute atomic E-state index is 11.3. The number of esters is 1. The zero-order valence-electron chi connectivity index (χ0n) is 10.3. The molecular weight excluding hydrogens is 300 g/mol. The van der Waals surface area contributed by atoms with Crippen LogP contribution in [0, 0.1) is 0 Å². The van der Waals surface area contributed by atoms with Crippen LogP contribution in [-0.2, 0) is 9.53 Å². The highest BCUT2D eigenvalue weighted by atomic mass is 79.9. The molecule has 0 saturated carbocycles. The van der Waals surface area contributed by atoms with Crippen molar-refractivity contribution in [3.63, 3.8) is 0 Å². The highest BCUT2D eigenvalue weighted by Crippen LogP contribution is 2.21. The second kappa shape index (κ2) is 7.76. The topological polar surface area (TPSA) is 44.8 Å². The van der Waals surface area contributed by atoms with Crippen molar-refractivity contribution in [2.45, 2.75) is 6.92 Å². The number of rotatable bonds is 6. The van der Waals surface area contributed by atoms with E-state index in [1.165, 1.54) is 6.08 Å².